The maximum Gasteiger partial charge on any atom is 0.274 e. The first kappa shape index (κ1) is 24.8. The number of nitro groups is 1. The molecule has 1 saturated heterocycles. The Morgan fingerprint density at radius 3 is 2.33 bits per heavy atom. The minimum absolute atomic E-state index is 0.0314. The lowest BCUT2D eigenvalue weighted by molar-refractivity contribution is -0.384. The summed E-state index contributed by atoms with van der Waals surface area (Å²) < 4.78 is 0. The van der Waals surface area contributed by atoms with E-state index in [0.29, 0.717) is 42.3 Å². The lowest BCUT2D eigenvalue weighted by atomic mass is 10.2. The van der Waals surface area contributed by atoms with E-state index in [1.807, 2.05) is 0 Å². The molecular weight excluding hydrogens is 484 g/mol. The molecule has 0 radical (unpaired) electrons. The number of benzene rings is 2. The summed E-state index contributed by atoms with van der Waals surface area (Å²) in [6.45, 7) is 1.78. The van der Waals surface area contributed by atoms with Crippen molar-refractivity contribution in [1.29, 1.82) is 0 Å². The smallest absolute Gasteiger partial charge is 0.274 e. The highest BCUT2D eigenvalue weighted by atomic mass is 35.5. The average Bonchev–Trinajstić information content (AvgIpc) is 2.92. The molecule has 0 unspecified atom stereocenters. The van der Waals surface area contributed by atoms with Crippen LogP contribution in [0.1, 0.15) is 15.9 Å². The fourth-order valence-corrected chi connectivity index (χ4v) is 3.93. The van der Waals surface area contributed by atoms with Crippen molar-refractivity contribution < 1.29 is 14.5 Å². The summed E-state index contributed by atoms with van der Waals surface area (Å²) in [5.41, 5.74) is 1.86. The molecule has 184 valence electrons. The van der Waals surface area contributed by atoms with Crippen molar-refractivity contribution in [3.63, 3.8) is 0 Å². The molecule has 11 heteroatoms. The van der Waals surface area contributed by atoms with Gasteiger partial charge in [-0.2, -0.15) is 5.10 Å². The largest absolute Gasteiger partial charge is 0.368 e. The number of anilines is 1. The van der Waals surface area contributed by atoms with E-state index in [1.165, 1.54) is 30.7 Å². The van der Waals surface area contributed by atoms with Crippen LogP contribution in [0.4, 0.5) is 11.4 Å². The number of carbonyl (C=O) groups excluding carboxylic acids is 2. The molecule has 0 aliphatic carbocycles. The van der Waals surface area contributed by atoms with E-state index in [0.717, 1.165) is 10.7 Å². The molecule has 0 atom stereocenters. The standard InChI is InChI=1S/C25H23ClN6O4/c26-23-4-2-1-3-20(23)17-28-31(25(34)19-9-11-27-12-10-19)18-24(33)30-15-13-29(14-16-30)21-5-7-22(8-6-21)32(35)36/h1-12,17H,13-16,18H2/b28-17+. The van der Waals surface area contributed by atoms with E-state index < -0.39 is 10.8 Å². The SMILES string of the molecule is O=C(CN(/N=C/c1ccccc1Cl)C(=O)c1ccncc1)N1CCN(c2ccc([N+](=O)[O-])cc2)CC1. The molecule has 1 aliphatic heterocycles. The van der Waals surface area contributed by atoms with Crippen LogP contribution < -0.4 is 4.90 Å². The van der Waals surface area contributed by atoms with Gasteiger partial charge in [0.2, 0.25) is 5.91 Å². The zero-order valence-corrected chi connectivity index (χ0v) is 20.0. The maximum atomic E-state index is 13.1. The number of halogens is 1. The van der Waals surface area contributed by atoms with Gasteiger partial charge in [-0.15, -0.1) is 0 Å². The molecular formula is C25H23ClN6O4. The molecule has 2 amide bonds. The van der Waals surface area contributed by atoms with Crippen LogP contribution in [0.25, 0.3) is 0 Å². The van der Waals surface area contributed by atoms with Crippen molar-refractivity contribution >= 4 is 41.0 Å². The van der Waals surface area contributed by atoms with Crippen LogP contribution in [0.2, 0.25) is 5.02 Å². The highest BCUT2D eigenvalue weighted by Gasteiger charge is 2.25. The fourth-order valence-electron chi connectivity index (χ4n) is 3.75. The van der Waals surface area contributed by atoms with Crippen LogP contribution in [0.15, 0.2) is 78.2 Å². The molecule has 2 heterocycles. The molecule has 1 aliphatic rings. The number of nitrogens with zero attached hydrogens (tertiary/aromatic N) is 6. The number of piperazine rings is 1. The zero-order valence-electron chi connectivity index (χ0n) is 19.2. The third kappa shape index (κ3) is 6.02. The highest BCUT2D eigenvalue weighted by Crippen LogP contribution is 2.21. The number of pyridine rings is 1. The quantitative estimate of drug-likeness (QED) is 0.275. The van der Waals surface area contributed by atoms with E-state index in [4.69, 9.17) is 11.6 Å². The minimum Gasteiger partial charge on any atom is -0.368 e. The summed E-state index contributed by atoms with van der Waals surface area (Å²) in [5.74, 6) is -0.671. The van der Waals surface area contributed by atoms with E-state index in [-0.39, 0.29) is 18.1 Å². The zero-order chi connectivity index (χ0) is 25.5. The summed E-state index contributed by atoms with van der Waals surface area (Å²) in [6, 6.07) is 16.5. The van der Waals surface area contributed by atoms with Crippen LogP contribution in [0, 0.1) is 10.1 Å². The lowest BCUT2D eigenvalue weighted by Gasteiger charge is -2.36. The van der Waals surface area contributed by atoms with Gasteiger partial charge in [-0.05, 0) is 30.3 Å². The number of rotatable bonds is 7. The van der Waals surface area contributed by atoms with Gasteiger partial charge >= 0.3 is 0 Å². The number of carbonyl (C=O) groups is 2. The van der Waals surface area contributed by atoms with Crippen molar-refractivity contribution in [3.8, 4) is 0 Å². The van der Waals surface area contributed by atoms with Gasteiger partial charge in [0.15, 0.2) is 0 Å². The monoisotopic (exact) mass is 506 g/mol. The highest BCUT2D eigenvalue weighted by molar-refractivity contribution is 6.33. The van der Waals surface area contributed by atoms with Crippen LogP contribution >= 0.6 is 11.6 Å². The summed E-state index contributed by atoms with van der Waals surface area (Å²) >= 11 is 6.20. The summed E-state index contributed by atoms with van der Waals surface area (Å²) in [7, 11) is 0. The molecule has 2 aromatic carbocycles. The van der Waals surface area contributed by atoms with E-state index in [2.05, 4.69) is 15.0 Å². The van der Waals surface area contributed by atoms with Gasteiger partial charge in [-0.3, -0.25) is 24.7 Å². The lowest BCUT2D eigenvalue weighted by Crippen LogP contribution is -2.51. The molecule has 0 bridgehead atoms. The maximum absolute atomic E-state index is 13.1. The van der Waals surface area contributed by atoms with Gasteiger partial charge < -0.3 is 9.80 Å². The van der Waals surface area contributed by atoms with Crippen molar-refractivity contribution in [2.75, 3.05) is 37.6 Å². The number of non-ortho nitro benzene ring substituents is 1. The molecule has 4 rings (SSSR count). The number of nitro benzene ring substituents is 1. The summed E-state index contributed by atoms with van der Waals surface area (Å²) in [5, 5.41) is 16.8. The predicted molar refractivity (Wildman–Crippen MR) is 136 cm³/mol. The van der Waals surface area contributed by atoms with Gasteiger partial charge in [0.25, 0.3) is 11.6 Å². The molecule has 1 aromatic heterocycles. The number of hydrogen-bond acceptors (Lipinski definition) is 7. The van der Waals surface area contributed by atoms with Gasteiger partial charge in [-0.1, -0.05) is 29.8 Å². The first-order valence-corrected chi connectivity index (χ1v) is 11.6. The third-order valence-electron chi connectivity index (χ3n) is 5.75. The van der Waals surface area contributed by atoms with E-state index in [1.54, 1.807) is 53.4 Å². The van der Waals surface area contributed by atoms with Gasteiger partial charge in [0, 0.05) is 72.5 Å². The predicted octanol–water partition coefficient (Wildman–Crippen LogP) is 3.47. The van der Waals surface area contributed by atoms with Crippen molar-refractivity contribution in [3.05, 3.63) is 99.3 Å². The second-order valence-electron chi connectivity index (χ2n) is 8.01. The number of hydrogen-bond donors (Lipinski definition) is 0. The molecule has 10 nitrogen and oxygen atoms in total. The Morgan fingerprint density at radius 1 is 1.03 bits per heavy atom. The van der Waals surface area contributed by atoms with E-state index in [9.17, 15) is 19.7 Å². The van der Waals surface area contributed by atoms with E-state index >= 15 is 0 Å². The Bertz CT molecular complexity index is 1260. The average molecular weight is 507 g/mol. The van der Waals surface area contributed by atoms with Crippen LogP contribution in [0.3, 0.4) is 0 Å². The number of hydrazone groups is 1. The van der Waals surface area contributed by atoms with Crippen molar-refractivity contribution in [2.45, 2.75) is 0 Å². The van der Waals surface area contributed by atoms with Crippen molar-refractivity contribution in [1.82, 2.24) is 14.9 Å². The molecule has 3 aromatic rings. The summed E-state index contributed by atoms with van der Waals surface area (Å²) in [4.78, 5) is 44.3. The molecule has 0 spiro atoms. The second kappa shape index (κ2) is 11.4. The Morgan fingerprint density at radius 2 is 1.69 bits per heavy atom. The van der Waals surface area contributed by atoms with Gasteiger partial charge in [-0.25, -0.2) is 5.01 Å². The van der Waals surface area contributed by atoms with Gasteiger partial charge in [0.05, 0.1) is 11.1 Å². The Kier molecular flexibility index (Phi) is 7.86. The molecule has 36 heavy (non-hydrogen) atoms. The first-order chi connectivity index (χ1) is 17.4. The topological polar surface area (TPSA) is 112 Å². The van der Waals surface area contributed by atoms with Crippen LogP contribution in [-0.2, 0) is 4.79 Å². The molecule has 0 N–H and O–H groups in total. The molecule has 1 fully saturated rings. The minimum atomic E-state index is -0.437. The summed E-state index contributed by atoms with van der Waals surface area (Å²) in [6.07, 6.45) is 4.46. The van der Waals surface area contributed by atoms with Crippen LogP contribution in [0.5, 0.6) is 0 Å². The fraction of sp³-hybridized carbons (Fsp3) is 0.200. The normalized spacial score (nSPS) is 13.6. The third-order valence-corrected chi connectivity index (χ3v) is 6.09. The Hall–Kier alpha value is -4.31. The number of aromatic nitrogens is 1. The van der Waals surface area contributed by atoms with Crippen LogP contribution in [-0.4, -0.2) is 70.6 Å². The Labute approximate surface area is 212 Å². The Balaban J connectivity index is 1.43. The second-order valence-corrected chi connectivity index (χ2v) is 8.41. The van der Waals surface area contributed by atoms with Crippen molar-refractivity contribution in [2.24, 2.45) is 5.10 Å². The molecule has 0 saturated carbocycles. The number of amides is 2. The van der Waals surface area contributed by atoms with Gasteiger partial charge in [0.1, 0.15) is 6.54 Å². The first-order valence-electron chi connectivity index (χ1n) is 11.2.